The Balaban J connectivity index is 0.00000147. The van der Waals surface area contributed by atoms with Gasteiger partial charge in [-0.05, 0) is 31.1 Å². The number of thiophene rings is 1. The lowest BCUT2D eigenvalue weighted by Gasteiger charge is -2.22. The molecule has 2 aromatic heterocycles. The predicted molar refractivity (Wildman–Crippen MR) is 83.2 cm³/mol. The second kappa shape index (κ2) is 5.81. The van der Waals surface area contributed by atoms with E-state index >= 15 is 0 Å². The van der Waals surface area contributed by atoms with Gasteiger partial charge in [0.1, 0.15) is 5.00 Å². The van der Waals surface area contributed by atoms with Crippen molar-refractivity contribution in [1.29, 1.82) is 0 Å². The summed E-state index contributed by atoms with van der Waals surface area (Å²) >= 11 is 1.72. The van der Waals surface area contributed by atoms with Crippen LogP contribution in [0.3, 0.4) is 0 Å². The van der Waals surface area contributed by atoms with Gasteiger partial charge in [0.2, 0.25) is 5.91 Å². The normalized spacial score (nSPS) is 18.7. The third-order valence-corrected chi connectivity index (χ3v) is 4.53. The molecule has 0 spiro atoms. The average Bonchev–Trinajstić information content (AvgIpc) is 3.03. The van der Waals surface area contributed by atoms with Crippen molar-refractivity contribution < 1.29 is 4.79 Å². The molecule has 1 aliphatic rings. The van der Waals surface area contributed by atoms with Crippen LogP contribution in [0.25, 0.3) is 10.6 Å². The van der Waals surface area contributed by atoms with E-state index < -0.39 is 0 Å². The highest BCUT2D eigenvalue weighted by Gasteiger charge is 2.24. The lowest BCUT2D eigenvalue weighted by molar-refractivity contribution is -0.123. The first-order valence-electron chi connectivity index (χ1n) is 6.24. The Kier molecular flexibility index (Phi) is 4.30. The summed E-state index contributed by atoms with van der Waals surface area (Å²) in [5, 5.41) is 4.09. The van der Waals surface area contributed by atoms with Gasteiger partial charge < -0.3 is 5.32 Å². The molecule has 1 N–H and O–H groups in total. The third-order valence-electron chi connectivity index (χ3n) is 3.37. The Bertz CT molecular complexity index is 645. The van der Waals surface area contributed by atoms with Gasteiger partial charge in [0.25, 0.3) is 0 Å². The first kappa shape index (κ1) is 14.8. The number of imidazole rings is 1. The Morgan fingerprint density at radius 2 is 2.25 bits per heavy atom. The molecule has 1 unspecified atom stereocenters. The number of nitrogens with one attached hydrogen (secondary N) is 1. The number of carbonyl (C=O) groups excluding carboxylic acids is 1. The Morgan fingerprint density at radius 3 is 2.95 bits per heavy atom. The number of allylic oxidation sites excluding steroid dienone is 2. The summed E-state index contributed by atoms with van der Waals surface area (Å²) < 4.78 is 1.99. The highest BCUT2D eigenvalue weighted by Crippen LogP contribution is 2.34. The summed E-state index contributed by atoms with van der Waals surface area (Å²) in [6.45, 7) is 3.93. The monoisotopic (exact) mass is 309 g/mol. The van der Waals surface area contributed by atoms with E-state index in [2.05, 4.69) is 22.4 Å². The Labute approximate surface area is 127 Å². The van der Waals surface area contributed by atoms with E-state index in [-0.39, 0.29) is 24.2 Å². The average molecular weight is 310 g/mol. The van der Waals surface area contributed by atoms with E-state index in [1.165, 1.54) is 10.5 Å². The topological polar surface area (TPSA) is 46.9 Å². The molecular weight excluding hydrogens is 294 g/mol. The quantitative estimate of drug-likeness (QED) is 0.925. The maximum Gasteiger partial charge on any atom is 0.227 e. The fourth-order valence-corrected chi connectivity index (χ4v) is 3.31. The minimum atomic E-state index is 0. The van der Waals surface area contributed by atoms with Gasteiger partial charge in [0.15, 0.2) is 0 Å². The number of hydrogen-bond acceptors (Lipinski definition) is 3. The lowest BCUT2D eigenvalue weighted by atomic mass is 9.94. The third kappa shape index (κ3) is 2.64. The van der Waals surface area contributed by atoms with Crippen LogP contribution in [0.15, 0.2) is 36.6 Å². The van der Waals surface area contributed by atoms with Gasteiger partial charge in [-0.15, -0.1) is 23.7 Å². The number of amides is 1. The predicted octanol–water partition coefficient (Wildman–Crippen LogP) is 3.24. The van der Waals surface area contributed by atoms with Crippen molar-refractivity contribution in [1.82, 2.24) is 14.9 Å². The van der Waals surface area contributed by atoms with E-state index in [9.17, 15) is 4.79 Å². The Morgan fingerprint density at radius 1 is 1.45 bits per heavy atom. The fourth-order valence-electron chi connectivity index (χ4n) is 2.24. The lowest BCUT2D eigenvalue weighted by Crippen LogP contribution is -2.32. The van der Waals surface area contributed by atoms with Gasteiger partial charge in [0.05, 0.1) is 6.33 Å². The van der Waals surface area contributed by atoms with Crippen LogP contribution >= 0.6 is 23.7 Å². The van der Waals surface area contributed by atoms with Crippen LogP contribution in [0.1, 0.15) is 25.1 Å². The summed E-state index contributed by atoms with van der Waals surface area (Å²) in [5.41, 5.74) is 2.21. The van der Waals surface area contributed by atoms with Crippen molar-refractivity contribution in [2.75, 3.05) is 0 Å². The standard InChI is InChI=1S/C14H15N3OS.ClH/c1-9-7-11(10(2)16-14(9)18)12-3-4-13(19-12)17-6-5-15-8-17;/h3-6,8-9H,7H2,1-2H3,(H,16,18);1H. The van der Waals surface area contributed by atoms with Crippen LogP contribution in [-0.4, -0.2) is 15.5 Å². The van der Waals surface area contributed by atoms with Crippen molar-refractivity contribution in [3.63, 3.8) is 0 Å². The summed E-state index contributed by atoms with van der Waals surface area (Å²) in [5.74, 6) is 0.158. The molecule has 4 nitrogen and oxygen atoms in total. The molecule has 1 amide bonds. The molecule has 3 rings (SSSR count). The fraction of sp³-hybridized carbons (Fsp3) is 0.286. The van der Waals surface area contributed by atoms with E-state index in [0.29, 0.717) is 0 Å². The van der Waals surface area contributed by atoms with E-state index in [1.807, 2.05) is 24.6 Å². The van der Waals surface area contributed by atoms with E-state index in [1.54, 1.807) is 23.9 Å². The van der Waals surface area contributed by atoms with Gasteiger partial charge >= 0.3 is 0 Å². The molecule has 0 saturated carbocycles. The molecule has 106 valence electrons. The van der Waals surface area contributed by atoms with Crippen molar-refractivity contribution >= 4 is 35.2 Å². The molecular formula is C14H16ClN3OS. The van der Waals surface area contributed by atoms with Crippen molar-refractivity contribution in [3.05, 3.63) is 41.4 Å². The first-order chi connectivity index (χ1) is 9.15. The molecule has 0 fully saturated rings. The molecule has 3 heterocycles. The summed E-state index contributed by atoms with van der Waals surface area (Å²) in [6.07, 6.45) is 6.30. The minimum absolute atomic E-state index is 0. The van der Waals surface area contributed by atoms with Gasteiger partial charge in [0, 0.05) is 28.9 Å². The SMILES string of the molecule is CC1=C(c2ccc(-n3ccnc3)s2)CC(C)C(=O)N1.Cl. The highest BCUT2D eigenvalue weighted by molar-refractivity contribution is 7.15. The molecule has 6 heteroatoms. The summed E-state index contributed by atoms with van der Waals surface area (Å²) in [6, 6.07) is 4.20. The second-order valence-electron chi connectivity index (χ2n) is 4.81. The number of rotatable bonds is 2. The zero-order chi connectivity index (χ0) is 13.4. The van der Waals surface area contributed by atoms with Gasteiger partial charge in [-0.1, -0.05) is 6.92 Å². The molecule has 0 aliphatic carbocycles. The molecule has 0 aromatic carbocycles. The van der Waals surface area contributed by atoms with E-state index in [4.69, 9.17) is 0 Å². The number of halogens is 1. The van der Waals surface area contributed by atoms with Crippen LogP contribution < -0.4 is 5.32 Å². The number of aromatic nitrogens is 2. The number of carbonyl (C=O) groups is 1. The zero-order valence-corrected chi connectivity index (χ0v) is 12.9. The minimum Gasteiger partial charge on any atom is -0.330 e. The first-order valence-corrected chi connectivity index (χ1v) is 7.06. The smallest absolute Gasteiger partial charge is 0.227 e. The molecule has 20 heavy (non-hydrogen) atoms. The van der Waals surface area contributed by atoms with Gasteiger partial charge in [-0.3, -0.25) is 9.36 Å². The molecule has 0 bridgehead atoms. The molecule has 1 aliphatic heterocycles. The highest BCUT2D eigenvalue weighted by atomic mass is 35.5. The van der Waals surface area contributed by atoms with E-state index in [0.717, 1.165) is 17.1 Å². The largest absolute Gasteiger partial charge is 0.330 e. The summed E-state index contributed by atoms with van der Waals surface area (Å²) in [7, 11) is 0. The maximum atomic E-state index is 11.6. The van der Waals surface area contributed by atoms with Crippen molar-refractivity contribution in [3.8, 4) is 5.00 Å². The molecule has 0 radical (unpaired) electrons. The molecule has 1 atom stereocenters. The summed E-state index contributed by atoms with van der Waals surface area (Å²) in [4.78, 5) is 16.9. The van der Waals surface area contributed by atoms with Gasteiger partial charge in [-0.2, -0.15) is 0 Å². The van der Waals surface area contributed by atoms with Crippen molar-refractivity contribution in [2.24, 2.45) is 5.92 Å². The van der Waals surface area contributed by atoms with Crippen LogP contribution in [0, 0.1) is 5.92 Å². The van der Waals surface area contributed by atoms with Crippen LogP contribution in [0.4, 0.5) is 0 Å². The van der Waals surface area contributed by atoms with Gasteiger partial charge in [-0.25, -0.2) is 4.98 Å². The molecule has 0 saturated heterocycles. The van der Waals surface area contributed by atoms with Crippen LogP contribution in [0.2, 0.25) is 0 Å². The Hall–Kier alpha value is -1.59. The molecule has 2 aromatic rings. The van der Waals surface area contributed by atoms with Crippen LogP contribution in [0.5, 0.6) is 0 Å². The van der Waals surface area contributed by atoms with Crippen LogP contribution in [-0.2, 0) is 4.79 Å². The van der Waals surface area contributed by atoms with Crippen molar-refractivity contribution in [2.45, 2.75) is 20.3 Å². The maximum absolute atomic E-state index is 11.6. The number of nitrogens with zero attached hydrogens (tertiary/aromatic N) is 2. The zero-order valence-electron chi connectivity index (χ0n) is 11.3. The number of hydrogen-bond donors (Lipinski definition) is 1. The second-order valence-corrected chi connectivity index (χ2v) is 5.87.